The lowest BCUT2D eigenvalue weighted by Crippen LogP contribution is -2.26. The molecule has 0 heterocycles. The largest absolute Gasteiger partial charge is 0.359 e. The molecule has 0 fully saturated rings. The Hall–Kier alpha value is -0.870. The lowest BCUT2D eigenvalue weighted by atomic mass is 10.1. The van der Waals surface area contributed by atoms with Gasteiger partial charge in [0.25, 0.3) is 0 Å². The molecule has 1 aromatic rings. The number of halogens is 1. The maximum absolute atomic E-state index is 11.0. The van der Waals surface area contributed by atoms with Gasteiger partial charge in [0.1, 0.15) is 0 Å². The molecule has 0 aromatic heterocycles. The third-order valence-corrected chi connectivity index (χ3v) is 3.18. The average molecular weight is 285 g/mol. The van der Waals surface area contributed by atoms with Crippen LogP contribution < -0.4 is 10.6 Å². The number of carbonyl (C=O) groups is 1. The van der Waals surface area contributed by atoms with Gasteiger partial charge in [0.2, 0.25) is 5.91 Å². The van der Waals surface area contributed by atoms with Crippen LogP contribution in [0, 0.1) is 0 Å². The van der Waals surface area contributed by atoms with Crippen LogP contribution >= 0.6 is 15.9 Å². The third-order valence-electron chi connectivity index (χ3n) is 2.45. The van der Waals surface area contributed by atoms with Gasteiger partial charge in [0.15, 0.2) is 0 Å². The molecule has 0 saturated carbocycles. The van der Waals surface area contributed by atoms with Crippen LogP contribution in [0.4, 0.5) is 0 Å². The van der Waals surface area contributed by atoms with Crippen molar-refractivity contribution in [3.05, 3.63) is 34.3 Å². The Labute approximate surface area is 105 Å². The van der Waals surface area contributed by atoms with Crippen molar-refractivity contribution in [3.8, 4) is 0 Å². The van der Waals surface area contributed by atoms with E-state index < -0.39 is 0 Å². The number of benzene rings is 1. The normalized spacial score (nSPS) is 12.2. The molecule has 0 bridgehead atoms. The highest BCUT2D eigenvalue weighted by Gasteiger charge is 2.08. The first-order valence-electron chi connectivity index (χ1n) is 5.33. The quantitative estimate of drug-likeness (QED) is 0.871. The minimum absolute atomic E-state index is 0.0619. The molecular weight excluding hydrogens is 268 g/mol. The molecule has 0 aliphatic carbocycles. The standard InChI is InChI=1S/C12H17BrN2O/c1-9(15-8-7-12(16)14-2)10-5-3-4-6-11(10)13/h3-6,9,15H,7-8H2,1-2H3,(H,14,16)/t9-/m0/s1. The van der Waals surface area contributed by atoms with Gasteiger partial charge in [-0.3, -0.25) is 4.79 Å². The van der Waals surface area contributed by atoms with Gasteiger partial charge in [0, 0.05) is 30.5 Å². The van der Waals surface area contributed by atoms with E-state index in [1.54, 1.807) is 7.05 Å². The highest BCUT2D eigenvalue weighted by Crippen LogP contribution is 2.22. The van der Waals surface area contributed by atoms with Crippen molar-refractivity contribution in [2.24, 2.45) is 0 Å². The zero-order valence-electron chi connectivity index (χ0n) is 9.59. The molecule has 0 radical (unpaired) electrons. The summed E-state index contributed by atoms with van der Waals surface area (Å²) >= 11 is 3.51. The number of hydrogen-bond donors (Lipinski definition) is 2. The summed E-state index contributed by atoms with van der Waals surface area (Å²) in [5.41, 5.74) is 1.21. The zero-order valence-corrected chi connectivity index (χ0v) is 11.2. The Morgan fingerprint density at radius 2 is 2.12 bits per heavy atom. The van der Waals surface area contributed by atoms with Crippen LogP contribution in [0.2, 0.25) is 0 Å². The second-order valence-corrected chi connectivity index (χ2v) is 4.47. The first kappa shape index (κ1) is 13.2. The third kappa shape index (κ3) is 3.94. The van der Waals surface area contributed by atoms with Gasteiger partial charge in [0.05, 0.1) is 0 Å². The fourth-order valence-electron chi connectivity index (χ4n) is 1.46. The van der Waals surface area contributed by atoms with Gasteiger partial charge in [-0.15, -0.1) is 0 Å². The molecule has 16 heavy (non-hydrogen) atoms. The maximum atomic E-state index is 11.0. The van der Waals surface area contributed by atoms with Crippen molar-refractivity contribution in [1.29, 1.82) is 0 Å². The molecule has 1 rings (SSSR count). The van der Waals surface area contributed by atoms with E-state index in [9.17, 15) is 4.79 Å². The molecule has 0 aliphatic heterocycles. The van der Waals surface area contributed by atoms with Gasteiger partial charge >= 0.3 is 0 Å². The number of rotatable bonds is 5. The monoisotopic (exact) mass is 284 g/mol. The van der Waals surface area contributed by atoms with E-state index in [4.69, 9.17) is 0 Å². The van der Waals surface area contributed by atoms with Crippen LogP contribution in [0.3, 0.4) is 0 Å². The summed E-state index contributed by atoms with van der Waals surface area (Å²) in [5.74, 6) is 0.0619. The van der Waals surface area contributed by atoms with Gasteiger partial charge in [-0.2, -0.15) is 0 Å². The van der Waals surface area contributed by atoms with Crippen molar-refractivity contribution in [3.63, 3.8) is 0 Å². The lowest BCUT2D eigenvalue weighted by molar-refractivity contribution is -0.120. The molecule has 0 aliphatic rings. The van der Waals surface area contributed by atoms with Crippen molar-refractivity contribution < 1.29 is 4.79 Å². The highest BCUT2D eigenvalue weighted by atomic mass is 79.9. The van der Waals surface area contributed by atoms with Crippen LogP contribution in [0.1, 0.15) is 24.9 Å². The first-order valence-corrected chi connectivity index (χ1v) is 6.13. The van der Waals surface area contributed by atoms with Crippen LogP contribution in [0.25, 0.3) is 0 Å². The summed E-state index contributed by atoms with van der Waals surface area (Å²) in [6, 6.07) is 8.33. The number of nitrogens with one attached hydrogen (secondary N) is 2. The Kier molecular flexibility index (Phi) is 5.49. The van der Waals surface area contributed by atoms with E-state index >= 15 is 0 Å². The summed E-state index contributed by atoms with van der Waals surface area (Å²) in [6.45, 7) is 2.77. The van der Waals surface area contributed by atoms with Crippen molar-refractivity contribution in [2.75, 3.05) is 13.6 Å². The van der Waals surface area contributed by atoms with E-state index in [1.807, 2.05) is 18.2 Å². The zero-order chi connectivity index (χ0) is 12.0. The van der Waals surface area contributed by atoms with E-state index in [2.05, 4.69) is 39.6 Å². The summed E-state index contributed by atoms with van der Waals surface area (Å²) < 4.78 is 1.09. The van der Waals surface area contributed by atoms with Crippen LogP contribution in [-0.2, 0) is 4.79 Å². The first-order chi connectivity index (χ1) is 7.65. The predicted molar refractivity (Wildman–Crippen MR) is 69.2 cm³/mol. The topological polar surface area (TPSA) is 41.1 Å². The van der Waals surface area contributed by atoms with Crippen LogP contribution in [0.5, 0.6) is 0 Å². The lowest BCUT2D eigenvalue weighted by Gasteiger charge is -2.15. The van der Waals surface area contributed by atoms with Crippen LogP contribution in [0.15, 0.2) is 28.7 Å². The van der Waals surface area contributed by atoms with Crippen molar-refractivity contribution >= 4 is 21.8 Å². The van der Waals surface area contributed by atoms with Gasteiger partial charge < -0.3 is 10.6 Å². The molecule has 0 spiro atoms. The van der Waals surface area contributed by atoms with Gasteiger partial charge in [-0.05, 0) is 18.6 Å². The Balaban J connectivity index is 2.44. The van der Waals surface area contributed by atoms with E-state index in [0.717, 1.165) is 4.47 Å². The summed E-state index contributed by atoms with van der Waals surface area (Å²) in [7, 11) is 1.65. The second-order valence-electron chi connectivity index (χ2n) is 3.62. The van der Waals surface area contributed by atoms with E-state index in [1.165, 1.54) is 5.56 Å². The van der Waals surface area contributed by atoms with Crippen molar-refractivity contribution in [2.45, 2.75) is 19.4 Å². The fraction of sp³-hybridized carbons (Fsp3) is 0.417. The summed E-state index contributed by atoms with van der Waals surface area (Å²) in [6.07, 6.45) is 0.505. The molecule has 88 valence electrons. The maximum Gasteiger partial charge on any atom is 0.221 e. The number of carbonyl (C=O) groups excluding carboxylic acids is 1. The van der Waals surface area contributed by atoms with E-state index in [0.29, 0.717) is 13.0 Å². The average Bonchev–Trinajstić information content (AvgIpc) is 2.29. The molecule has 0 saturated heterocycles. The molecule has 3 nitrogen and oxygen atoms in total. The molecule has 2 N–H and O–H groups in total. The van der Waals surface area contributed by atoms with Crippen molar-refractivity contribution in [1.82, 2.24) is 10.6 Å². The second kappa shape index (κ2) is 6.66. The minimum atomic E-state index is 0.0619. The van der Waals surface area contributed by atoms with E-state index in [-0.39, 0.29) is 11.9 Å². The Morgan fingerprint density at radius 3 is 2.75 bits per heavy atom. The highest BCUT2D eigenvalue weighted by molar-refractivity contribution is 9.10. The molecule has 0 unspecified atom stereocenters. The number of amides is 1. The Morgan fingerprint density at radius 1 is 1.44 bits per heavy atom. The molecule has 1 aromatic carbocycles. The molecule has 1 amide bonds. The minimum Gasteiger partial charge on any atom is -0.359 e. The van der Waals surface area contributed by atoms with Gasteiger partial charge in [-0.25, -0.2) is 0 Å². The van der Waals surface area contributed by atoms with Crippen LogP contribution in [-0.4, -0.2) is 19.5 Å². The SMILES string of the molecule is CNC(=O)CCN[C@@H](C)c1ccccc1Br. The molecular formula is C12H17BrN2O. The fourth-order valence-corrected chi connectivity index (χ4v) is 2.09. The number of hydrogen-bond acceptors (Lipinski definition) is 2. The molecule has 4 heteroatoms. The smallest absolute Gasteiger partial charge is 0.221 e. The van der Waals surface area contributed by atoms with Gasteiger partial charge in [-0.1, -0.05) is 34.1 Å². The summed E-state index contributed by atoms with van der Waals surface area (Å²) in [4.78, 5) is 11.0. The summed E-state index contributed by atoms with van der Waals surface area (Å²) in [5, 5.41) is 5.92. The Bertz CT molecular complexity index is 355. The predicted octanol–water partition coefficient (Wildman–Crippen LogP) is 2.24. The molecule has 1 atom stereocenters.